The highest BCUT2D eigenvalue weighted by molar-refractivity contribution is 5.96. The van der Waals surface area contributed by atoms with Gasteiger partial charge in [0.1, 0.15) is 5.82 Å². The number of amides is 2. The molecular weight excluding hydrogens is 353 g/mol. The molecule has 24 heavy (non-hydrogen) atoms. The summed E-state index contributed by atoms with van der Waals surface area (Å²) in [4.78, 5) is 30.9. The van der Waals surface area contributed by atoms with Crippen molar-refractivity contribution in [1.29, 1.82) is 0 Å². The molecule has 9 heteroatoms. The van der Waals surface area contributed by atoms with Gasteiger partial charge in [0.05, 0.1) is 23.6 Å². The van der Waals surface area contributed by atoms with E-state index >= 15 is 0 Å². The van der Waals surface area contributed by atoms with Gasteiger partial charge in [-0.05, 0) is 31.0 Å². The maximum atomic E-state index is 11.9. The number of rotatable bonds is 5. The van der Waals surface area contributed by atoms with E-state index in [1.165, 1.54) is 0 Å². The SMILES string of the molecule is Cc1nc2ccc(NC(=O)CNC(=O)[C@@H](N)C(C)C)cc2[nH]1.Cl.Cl. The van der Waals surface area contributed by atoms with Crippen molar-refractivity contribution in [2.45, 2.75) is 26.8 Å². The summed E-state index contributed by atoms with van der Waals surface area (Å²) in [6, 6.07) is 4.77. The van der Waals surface area contributed by atoms with Crippen LogP contribution in [-0.4, -0.2) is 34.4 Å². The van der Waals surface area contributed by atoms with Crippen molar-refractivity contribution in [2.24, 2.45) is 11.7 Å². The zero-order valence-electron chi connectivity index (χ0n) is 13.8. The normalized spacial score (nSPS) is 11.4. The summed E-state index contributed by atoms with van der Waals surface area (Å²) in [6.45, 7) is 5.46. The summed E-state index contributed by atoms with van der Waals surface area (Å²) in [5, 5.41) is 5.25. The number of anilines is 1. The number of aryl methyl sites for hydroxylation is 1. The molecule has 1 aromatic carbocycles. The van der Waals surface area contributed by atoms with E-state index in [1.54, 1.807) is 12.1 Å². The quantitative estimate of drug-likeness (QED) is 0.637. The molecule has 5 N–H and O–H groups in total. The van der Waals surface area contributed by atoms with Crippen LogP contribution in [0.5, 0.6) is 0 Å². The molecular formula is C15H23Cl2N5O2. The first-order valence-corrected chi connectivity index (χ1v) is 7.16. The number of H-pyrrole nitrogens is 1. The van der Waals surface area contributed by atoms with Gasteiger partial charge in [-0.1, -0.05) is 13.8 Å². The Kier molecular flexibility index (Phi) is 8.74. The van der Waals surface area contributed by atoms with Crippen molar-refractivity contribution in [3.63, 3.8) is 0 Å². The number of aromatic amines is 1. The highest BCUT2D eigenvalue weighted by atomic mass is 35.5. The van der Waals surface area contributed by atoms with Gasteiger partial charge in [-0.15, -0.1) is 24.8 Å². The first-order chi connectivity index (χ1) is 10.4. The summed E-state index contributed by atoms with van der Waals surface area (Å²) in [5.41, 5.74) is 8.04. The Bertz CT molecular complexity index is 702. The lowest BCUT2D eigenvalue weighted by atomic mass is 10.1. The number of hydrogen-bond donors (Lipinski definition) is 4. The average Bonchev–Trinajstić information content (AvgIpc) is 2.83. The third kappa shape index (κ3) is 5.67. The fraction of sp³-hybridized carbons (Fsp3) is 0.400. The Morgan fingerprint density at radius 3 is 2.58 bits per heavy atom. The summed E-state index contributed by atoms with van der Waals surface area (Å²) >= 11 is 0. The van der Waals surface area contributed by atoms with E-state index in [9.17, 15) is 9.59 Å². The van der Waals surface area contributed by atoms with Crippen LogP contribution in [0.15, 0.2) is 18.2 Å². The third-order valence-electron chi connectivity index (χ3n) is 3.33. The first-order valence-electron chi connectivity index (χ1n) is 7.16. The predicted octanol–water partition coefficient (Wildman–Crippen LogP) is 1.75. The van der Waals surface area contributed by atoms with Crippen molar-refractivity contribution in [2.75, 3.05) is 11.9 Å². The van der Waals surface area contributed by atoms with E-state index in [0.29, 0.717) is 5.69 Å². The van der Waals surface area contributed by atoms with Gasteiger partial charge in [0, 0.05) is 5.69 Å². The Morgan fingerprint density at radius 1 is 1.29 bits per heavy atom. The zero-order chi connectivity index (χ0) is 16.3. The van der Waals surface area contributed by atoms with Crippen molar-refractivity contribution in [3.05, 3.63) is 24.0 Å². The lowest BCUT2D eigenvalue weighted by Crippen LogP contribution is -2.46. The number of nitrogens with two attached hydrogens (primary N) is 1. The topological polar surface area (TPSA) is 113 Å². The van der Waals surface area contributed by atoms with Gasteiger partial charge >= 0.3 is 0 Å². The standard InChI is InChI=1S/C15H21N5O2.2ClH/c1-8(2)14(16)15(22)17-7-13(21)20-10-4-5-11-12(6-10)19-9(3)18-11;;/h4-6,8,14H,7,16H2,1-3H3,(H,17,22)(H,18,19)(H,20,21);2*1H/t14-;;/m0../s1. The van der Waals surface area contributed by atoms with Crippen LogP contribution in [0.1, 0.15) is 19.7 Å². The van der Waals surface area contributed by atoms with Gasteiger partial charge in [0.25, 0.3) is 0 Å². The molecule has 134 valence electrons. The second-order valence-corrected chi connectivity index (χ2v) is 5.59. The molecule has 0 fully saturated rings. The van der Waals surface area contributed by atoms with Crippen molar-refractivity contribution in [3.8, 4) is 0 Å². The smallest absolute Gasteiger partial charge is 0.243 e. The fourth-order valence-corrected chi connectivity index (χ4v) is 2.01. The molecule has 0 radical (unpaired) electrons. The van der Waals surface area contributed by atoms with Gasteiger partial charge in [-0.2, -0.15) is 0 Å². The molecule has 1 aromatic heterocycles. The molecule has 1 heterocycles. The van der Waals surface area contributed by atoms with E-state index in [0.717, 1.165) is 16.9 Å². The summed E-state index contributed by atoms with van der Waals surface area (Å²) < 4.78 is 0. The van der Waals surface area contributed by atoms with Crippen LogP contribution in [0.2, 0.25) is 0 Å². The number of nitrogens with one attached hydrogen (secondary N) is 3. The van der Waals surface area contributed by atoms with Crippen LogP contribution < -0.4 is 16.4 Å². The van der Waals surface area contributed by atoms with Crippen LogP contribution >= 0.6 is 24.8 Å². The molecule has 2 aromatic rings. The number of aromatic nitrogens is 2. The molecule has 0 bridgehead atoms. The first kappa shape index (κ1) is 22.2. The molecule has 0 spiro atoms. The summed E-state index contributed by atoms with van der Waals surface area (Å²) in [6.07, 6.45) is 0. The van der Waals surface area contributed by atoms with E-state index in [4.69, 9.17) is 5.73 Å². The monoisotopic (exact) mass is 375 g/mol. The number of benzene rings is 1. The Morgan fingerprint density at radius 2 is 1.96 bits per heavy atom. The van der Waals surface area contributed by atoms with Gasteiger partial charge in [-0.25, -0.2) is 4.98 Å². The Hall–Kier alpha value is -1.83. The van der Waals surface area contributed by atoms with Crippen LogP contribution in [0.3, 0.4) is 0 Å². The van der Waals surface area contributed by atoms with Crippen LogP contribution in [-0.2, 0) is 9.59 Å². The number of halogens is 2. The number of carbonyl (C=O) groups excluding carboxylic acids is 2. The summed E-state index contributed by atoms with van der Waals surface area (Å²) in [5.74, 6) is 0.201. The van der Waals surface area contributed by atoms with Crippen molar-refractivity contribution < 1.29 is 9.59 Å². The highest BCUT2D eigenvalue weighted by Crippen LogP contribution is 2.16. The highest BCUT2D eigenvalue weighted by Gasteiger charge is 2.17. The van der Waals surface area contributed by atoms with E-state index in [1.807, 2.05) is 26.8 Å². The van der Waals surface area contributed by atoms with Gasteiger partial charge in [0.2, 0.25) is 11.8 Å². The maximum absolute atomic E-state index is 11.9. The maximum Gasteiger partial charge on any atom is 0.243 e. The minimum atomic E-state index is -0.614. The Labute approximate surface area is 153 Å². The van der Waals surface area contributed by atoms with E-state index in [2.05, 4.69) is 20.6 Å². The third-order valence-corrected chi connectivity index (χ3v) is 3.33. The minimum absolute atomic E-state index is 0. The van der Waals surface area contributed by atoms with Crippen LogP contribution in [0, 0.1) is 12.8 Å². The fourth-order valence-electron chi connectivity index (χ4n) is 2.01. The number of hydrogen-bond acceptors (Lipinski definition) is 4. The molecule has 2 rings (SSSR count). The number of imidazole rings is 1. The molecule has 7 nitrogen and oxygen atoms in total. The van der Waals surface area contributed by atoms with Crippen molar-refractivity contribution in [1.82, 2.24) is 15.3 Å². The molecule has 0 saturated carbocycles. The number of fused-ring (bicyclic) bond motifs is 1. The molecule has 2 amide bonds. The molecule has 0 aliphatic heterocycles. The van der Waals surface area contributed by atoms with Crippen LogP contribution in [0.4, 0.5) is 5.69 Å². The lowest BCUT2D eigenvalue weighted by molar-refractivity contribution is -0.125. The van der Waals surface area contributed by atoms with Gasteiger partial charge in [0.15, 0.2) is 0 Å². The number of nitrogens with zero attached hydrogens (tertiary/aromatic N) is 1. The van der Waals surface area contributed by atoms with Crippen LogP contribution in [0.25, 0.3) is 11.0 Å². The summed E-state index contributed by atoms with van der Waals surface area (Å²) in [7, 11) is 0. The molecule has 0 aliphatic rings. The number of carbonyl (C=O) groups is 2. The van der Waals surface area contributed by atoms with Gasteiger partial charge < -0.3 is 21.4 Å². The second-order valence-electron chi connectivity index (χ2n) is 5.59. The minimum Gasteiger partial charge on any atom is -0.346 e. The lowest BCUT2D eigenvalue weighted by Gasteiger charge is -2.15. The van der Waals surface area contributed by atoms with E-state index < -0.39 is 6.04 Å². The zero-order valence-corrected chi connectivity index (χ0v) is 15.4. The largest absolute Gasteiger partial charge is 0.346 e. The molecule has 0 unspecified atom stereocenters. The van der Waals surface area contributed by atoms with Crippen molar-refractivity contribution >= 4 is 53.3 Å². The molecule has 0 aliphatic carbocycles. The predicted molar refractivity (Wildman–Crippen MR) is 99.8 cm³/mol. The Balaban J connectivity index is 0.00000264. The molecule has 0 saturated heterocycles. The second kappa shape index (κ2) is 9.46. The average molecular weight is 376 g/mol. The van der Waals surface area contributed by atoms with E-state index in [-0.39, 0.29) is 49.1 Å². The van der Waals surface area contributed by atoms with Gasteiger partial charge in [-0.3, -0.25) is 9.59 Å². The molecule has 1 atom stereocenters.